The predicted molar refractivity (Wildman–Crippen MR) is 66.9 cm³/mol. The third kappa shape index (κ3) is 2.97. The lowest BCUT2D eigenvalue weighted by Crippen LogP contribution is -2.15. The summed E-state index contributed by atoms with van der Waals surface area (Å²) in [5.41, 5.74) is 2.03. The molecule has 0 saturated carbocycles. The zero-order chi connectivity index (χ0) is 12.1. The van der Waals surface area contributed by atoms with Crippen LogP contribution in [0.3, 0.4) is 0 Å². The third-order valence-electron chi connectivity index (χ3n) is 3.42. The number of hydrogen-bond donors (Lipinski definition) is 1. The summed E-state index contributed by atoms with van der Waals surface area (Å²) in [6.45, 7) is 0. The second kappa shape index (κ2) is 5.67. The number of rotatable bonds is 0. The van der Waals surface area contributed by atoms with Crippen molar-refractivity contribution < 1.29 is 0 Å². The number of fused-ring (bicyclic) bond motifs is 2. The fourth-order valence-corrected chi connectivity index (χ4v) is 2.47. The highest BCUT2D eigenvalue weighted by Crippen LogP contribution is 2.16. The van der Waals surface area contributed by atoms with Crippen LogP contribution < -0.4 is 5.56 Å². The lowest BCUT2D eigenvalue weighted by Gasteiger charge is -2.05. The molecule has 0 aromatic carbocycles. The molecule has 3 heteroatoms. The van der Waals surface area contributed by atoms with Gasteiger partial charge >= 0.3 is 0 Å². The molecule has 0 saturated heterocycles. The maximum absolute atomic E-state index is 11.8. The van der Waals surface area contributed by atoms with Crippen LogP contribution in [0.2, 0.25) is 0 Å². The Labute approximate surface area is 101 Å². The van der Waals surface area contributed by atoms with E-state index in [9.17, 15) is 4.79 Å². The van der Waals surface area contributed by atoms with Gasteiger partial charge in [0, 0.05) is 5.69 Å². The van der Waals surface area contributed by atoms with E-state index < -0.39 is 0 Å². The molecule has 1 aromatic heterocycles. The largest absolute Gasteiger partial charge is 0.325 e. The van der Waals surface area contributed by atoms with Gasteiger partial charge in [-0.2, -0.15) is 5.26 Å². The zero-order valence-corrected chi connectivity index (χ0v) is 10.1. The van der Waals surface area contributed by atoms with Gasteiger partial charge in [-0.1, -0.05) is 25.7 Å². The molecule has 1 aliphatic rings. The predicted octanol–water partition coefficient (Wildman–Crippen LogP) is 2.69. The van der Waals surface area contributed by atoms with Crippen molar-refractivity contribution in [2.75, 3.05) is 0 Å². The molecule has 0 radical (unpaired) electrons. The monoisotopic (exact) mass is 230 g/mol. The Morgan fingerprint density at radius 3 is 2.41 bits per heavy atom. The number of aryl methyl sites for hydroxylation is 2. The van der Waals surface area contributed by atoms with Crippen LogP contribution in [0.5, 0.6) is 0 Å². The average Bonchev–Trinajstić information content (AvgIpc) is 2.35. The van der Waals surface area contributed by atoms with E-state index >= 15 is 0 Å². The number of nitrogens with zero attached hydrogens (tertiary/aromatic N) is 1. The van der Waals surface area contributed by atoms with Gasteiger partial charge in [0.15, 0.2) is 0 Å². The molecule has 1 aromatic rings. The molecule has 2 rings (SSSR count). The highest BCUT2D eigenvalue weighted by atomic mass is 16.1. The molecule has 2 bridgehead atoms. The van der Waals surface area contributed by atoms with Crippen molar-refractivity contribution in [1.82, 2.24) is 4.98 Å². The Morgan fingerprint density at radius 2 is 1.71 bits per heavy atom. The summed E-state index contributed by atoms with van der Waals surface area (Å²) in [6.07, 6.45) is 8.98. The molecule has 0 spiro atoms. The highest BCUT2D eigenvalue weighted by Gasteiger charge is 2.10. The van der Waals surface area contributed by atoms with Gasteiger partial charge in [-0.3, -0.25) is 4.79 Å². The van der Waals surface area contributed by atoms with E-state index in [1.165, 1.54) is 25.7 Å². The lowest BCUT2D eigenvalue weighted by atomic mass is 10.0. The summed E-state index contributed by atoms with van der Waals surface area (Å²) in [5, 5.41) is 9.02. The first kappa shape index (κ1) is 11.9. The number of pyridine rings is 1. The summed E-state index contributed by atoms with van der Waals surface area (Å²) in [6, 6.07) is 4.05. The fourth-order valence-electron chi connectivity index (χ4n) is 2.47. The molecule has 17 heavy (non-hydrogen) atoms. The van der Waals surface area contributed by atoms with Crippen molar-refractivity contribution in [1.29, 1.82) is 5.26 Å². The molecule has 1 heterocycles. The van der Waals surface area contributed by atoms with Crippen LogP contribution in [0.15, 0.2) is 10.9 Å². The van der Waals surface area contributed by atoms with Gasteiger partial charge in [0.25, 0.3) is 5.56 Å². The van der Waals surface area contributed by atoms with Gasteiger partial charge in [0.1, 0.15) is 11.6 Å². The molecule has 1 N–H and O–H groups in total. The molecular weight excluding hydrogens is 212 g/mol. The SMILES string of the molecule is N#Cc1c2cc([nH]c1=O)CCCCCCCC2. The first-order valence-electron chi connectivity index (χ1n) is 6.46. The van der Waals surface area contributed by atoms with E-state index in [1.807, 2.05) is 12.1 Å². The number of aromatic amines is 1. The molecule has 0 amide bonds. The van der Waals surface area contributed by atoms with Crippen LogP contribution in [-0.2, 0) is 12.8 Å². The second-order valence-corrected chi connectivity index (χ2v) is 4.76. The van der Waals surface area contributed by atoms with Gasteiger partial charge in [-0.15, -0.1) is 0 Å². The Kier molecular flexibility index (Phi) is 3.98. The zero-order valence-electron chi connectivity index (χ0n) is 10.1. The highest BCUT2D eigenvalue weighted by molar-refractivity contribution is 5.36. The minimum absolute atomic E-state index is 0.209. The van der Waals surface area contributed by atoms with Crippen LogP contribution in [0.4, 0.5) is 0 Å². The van der Waals surface area contributed by atoms with Gasteiger partial charge in [-0.05, 0) is 37.3 Å². The normalized spacial score (nSPS) is 16.9. The molecule has 3 nitrogen and oxygen atoms in total. The lowest BCUT2D eigenvalue weighted by molar-refractivity contribution is 0.596. The summed E-state index contributed by atoms with van der Waals surface area (Å²) < 4.78 is 0. The minimum atomic E-state index is -0.209. The van der Waals surface area contributed by atoms with Crippen LogP contribution in [-0.4, -0.2) is 4.98 Å². The second-order valence-electron chi connectivity index (χ2n) is 4.76. The summed E-state index contributed by atoms with van der Waals surface area (Å²) in [4.78, 5) is 14.6. The van der Waals surface area contributed by atoms with Crippen molar-refractivity contribution >= 4 is 0 Å². The smallest absolute Gasteiger partial charge is 0.266 e. The molecular formula is C14H18N2O. The van der Waals surface area contributed by atoms with E-state index in [0.717, 1.165) is 36.9 Å². The third-order valence-corrected chi connectivity index (χ3v) is 3.42. The molecule has 0 aliphatic heterocycles. The van der Waals surface area contributed by atoms with E-state index in [0.29, 0.717) is 5.56 Å². The Bertz CT molecular complexity index is 482. The molecule has 90 valence electrons. The molecule has 1 aliphatic carbocycles. The average molecular weight is 230 g/mol. The topological polar surface area (TPSA) is 56.6 Å². The number of nitriles is 1. The van der Waals surface area contributed by atoms with E-state index in [4.69, 9.17) is 5.26 Å². The summed E-state index contributed by atoms with van der Waals surface area (Å²) in [7, 11) is 0. The van der Waals surface area contributed by atoms with Crippen LogP contribution in [0.25, 0.3) is 0 Å². The fraction of sp³-hybridized carbons (Fsp3) is 0.571. The van der Waals surface area contributed by atoms with Crippen LogP contribution in [0.1, 0.15) is 55.3 Å². The van der Waals surface area contributed by atoms with E-state index in [-0.39, 0.29) is 5.56 Å². The Morgan fingerprint density at radius 1 is 1.06 bits per heavy atom. The number of aromatic nitrogens is 1. The quantitative estimate of drug-likeness (QED) is 0.745. The Hall–Kier alpha value is -1.56. The van der Waals surface area contributed by atoms with Gasteiger partial charge < -0.3 is 4.98 Å². The van der Waals surface area contributed by atoms with Gasteiger partial charge in [0.2, 0.25) is 0 Å². The van der Waals surface area contributed by atoms with Gasteiger partial charge in [0.05, 0.1) is 0 Å². The minimum Gasteiger partial charge on any atom is -0.325 e. The summed E-state index contributed by atoms with van der Waals surface area (Å²) >= 11 is 0. The van der Waals surface area contributed by atoms with Crippen molar-refractivity contribution in [2.24, 2.45) is 0 Å². The molecule has 0 atom stereocenters. The van der Waals surface area contributed by atoms with Crippen LogP contribution >= 0.6 is 0 Å². The first-order chi connectivity index (χ1) is 8.31. The van der Waals surface area contributed by atoms with E-state index in [1.54, 1.807) is 0 Å². The molecule has 0 fully saturated rings. The maximum atomic E-state index is 11.8. The standard InChI is InChI=1S/C14H18N2O/c15-10-13-11-7-5-3-1-2-4-6-8-12(9-11)16-14(13)17/h9H,1-8H2,(H,16,17). The van der Waals surface area contributed by atoms with Crippen molar-refractivity contribution in [3.05, 3.63) is 33.2 Å². The first-order valence-corrected chi connectivity index (χ1v) is 6.46. The number of H-pyrrole nitrogens is 1. The number of hydrogen-bond acceptors (Lipinski definition) is 2. The Balaban J connectivity index is 2.34. The maximum Gasteiger partial charge on any atom is 0.266 e. The van der Waals surface area contributed by atoms with Gasteiger partial charge in [-0.25, -0.2) is 0 Å². The van der Waals surface area contributed by atoms with Crippen LogP contribution in [0, 0.1) is 11.3 Å². The molecule has 0 unspecified atom stereocenters. The van der Waals surface area contributed by atoms with Crippen molar-refractivity contribution in [3.63, 3.8) is 0 Å². The van der Waals surface area contributed by atoms with Crippen molar-refractivity contribution in [2.45, 2.75) is 51.4 Å². The number of nitrogens with one attached hydrogen (secondary N) is 1. The van der Waals surface area contributed by atoms with Crippen molar-refractivity contribution in [3.8, 4) is 6.07 Å². The van der Waals surface area contributed by atoms with E-state index in [2.05, 4.69) is 4.98 Å². The summed E-state index contributed by atoms with van der Waals surface area (Å²) in [5.74, 6) is 0.